The smallest absolute Gasteiger partial charge is 0.372 e. The number of furan rings is 1. The van der Waals surface area contributed by atoms with E-state index in [-0.39, 0.29) is 5.76 Å². The van der Waals surface area contributed by atoms with Gasteiger partial charge in [-0.25, -0.2) is 4.79 Å². The Hall–Kier alpha value is -2.26. The average Bonchev–Trinajstić information content (AvgIpc) is 2.78. The van der Waals surface area contributed by atoms with E-state index in [2.05, 4.69) is 0 Å². The molecule has 2 aromatic carbocycles. The molecule has 0 bridgehead atoms. The zero-order chi connectivity index (χ0) is 15.1. The summed E-state index contributed by atoms with van der Waals surface area (Å²) in [5, 5.41) is 10.7. The minimum atomic E-state index is -1.10. The molecule has 3 aromatic rings. The van der Waals surface area contributed by atoms with Gasteiger partial charge in [0.25, 0.3) is 0 Å². The van der Waals surface area contributed by atoms with Crippen LogP contribution in [0.1, 0.15) is 21.7 Å². The third-order valence-corrected chi connectivity index (χ3v) is 3.97. The molecule has 0 saturated carbocycles. The van der Waals surface area contributed by atoms with Crippen molar-refractivity contribution in [2.45, 2.75) is 13.8 Å². The summed E-state index contributed by atoms with van der Waals surface area (Å²) in [5.41, 5.74) is 3.89. The lowest BCUT2D eigenvalue weighted by atomic mass is 9.99. The maximum Gasteiger partial charge on any atom is 0.372 e. The van der Waals surface area contributed by atoms with Gasteiger partial charge in [0, 0.05) is 21.5 Å². The highest BCUT2D eigenvalue weighted by atomic mass is 35.5. The Morgan fingerprint density at radius 3 is 2.48 bits per heavy atom. The molecule has 4 heteroatoms. The summed E-state index contributed by atoms with van der Waals surface area (Å²) >= 11 is 6.23. The van der Waals surface area contributed by atoms with Crippen molar-refractivity contribution < 1.29 is 14.3 Å². The van der Waals surface area contributed by atoms with Crippen molar-refractivity contribution in [2.75, 3.05) is 0 Å². The fourth-order valence-electron chi connectivity index (χ4n) is 2.43. The summed E-state index contributed by atoms with van der Waals surface area (Å²) in [6, 6.07) is 11.0. The Kier molecular flexibility index (Phi) is 3.22. The second kappa shape index (κ2) is 4.93. The predicted octanol–water partition coefficient (Wildman–Crippen LogP) is 5.07. The molecule has 1 aromatic heterocycles. The molecule has 1 heterocycles. The highest BCUT2D eigenvalue weighted by Gasteiger charge is 2.23. The first-order chi connectivity index (χ1) is 9.99. The quantitative estimate of drug-likeness (QED) is 0.719. The first-order valence-corrected chi connectivity index (χ1v) is 6.88. The van der Waals surface area contributed by atoms with E-state index in [0.29, 0.717) is 21.7 Å². The topological polar surface area (TPSA) is 50.4 Å². The highest BCUT2D eigenvalue weighted by Crippen LogP contribution is 2.39. The summed E-state index contributed by atoms with van der Waals surface area (Å²) < 4.78 is 5.55. The molecule has 0 unspecified atom stereocenters. The Morgan fingerprint density at radius 2 is 1.81 bits per heavy atom. The van der Waals surface area contributed by atoms with Crippen LogP contribution in [0.2, 0.25) is 5.02 Å². The summed E-state index contributed by atoms with van der Waals surface area (Å²) in [4.78, 5) is 11.5. The lowest BCUT2D eigenvalue weighted by Crippen LogP contribution is -1.96. The molecule has 0 spiro atoms. The molecule has 0 fully saturated rings. The maximum atomic E-state index is 11.5. The lowest BCUT2D eigenvalue weighted by molar-refractivity contribution is 0.0666. The van der Waals surface area contributed by atoms with Crippen LogP contribution in [0, 0.1) is 13.8 Å². The number of carbonyl (C=O) groups is 1. The van der Waals surface area contributed by atoms with Crippen LogP contribution < -0.4 is 0 Å². The maximum absolute atomic E-state index is 11.5. The molecular weight excluding hydrogens is 288 g/mol. The molecule has 21 heavy (non-hydrogen) atoms. The Morgan fingerprint density at radius 1 is 1.14 bits per heavy atom. The minimum absolute atomic E-state index is 0.0805. The van der Waals surface area contributed by atoms with Crippen molar-refractivity contribution in [3.63, 3.8) is 0 Å². The minimum Gasteiger partial charge on any atom is -0.475 e. The van der Waals surface area contributed by atoms with Gasteiger partial charge in [0.15, 0.2) is 0 Å². The van der Waals surface area contributed by atoms with Crippen LogP contribution in [-0.4, -0.2) is 11.1 Å². The largest absolute Gasteiger partial charge is 0.475 e. The summed E-state index contributed by atoms with van der Waals surface area (Å²) in [7, 11) is 0. The summed E-state index contributed by atoms with van der Waals surface area (Å²) in [6.07, 6.45) is 0. The van der Waals surface area contributed by atoms with Crippen molar-refractivity contribution in [2.24, 2.45) is 0 Å². The fraction of sp³-hybridized carbons (Fsp3) is 0.118. The van der Waals surface area contributed by atoms with Gasteiger partial charge in [-0.1, -0.05) is 29.8 Å². The normalized spacial score (nSPS) is 11.0. The first kappa shape index (κ1) is 13.7. The van der Waals surface area contributed by atoms with E-state index in [0.717, 1.165) is 16.5 Å². The van der Waals surface area contributed by atoms with Gasteiger partial charge in [-0.2, -0.15) is 0 Å². The number of carboxylic acids is 1. The predicted molar refractivity (Wildman–Crippen MR) is 83.1 cm³/mol. The standard InChI is InChI=1S/C17H13ClO3/c1-9-7-12-14(8-10(9)2)21-16(17(19)20)15(12)11-5-3-4-6-13(11)18/h3-8H,1-2H3,(H,19,20). The Labute approximate surface area is 126 Å². The van der Waals surface area contributed by atoms with Crippen LogP contribution in [0.25, 0.3) is 22.1 Å². The third kappa shape index (κ3) is 2.20. The molecule has 3 rings (SSSR count). The second-order valence-electron chi connectivity index (χ2n) is 5.02. The summed E-state index contributed by atoms with van der Waals surface area (Å²) in [5.74, 6) is -1.18. The lowest BCUT2D eigenvalue weighted by Gasteiger charge is -2.04. The van der Waals surface area contributed by atoms with Crippen LogP contribution >= 0.6 is 11.6 Å². The Balaban J connectivity index is 2.44. The van der Waals surface area contributed by atoms with Gasteiger partial charge in [0.05, 0.1) is 0 Å². The van der Waals surface area contributed by atoms with Gasteiger partial charge in [-0.15, -0.1) is 0 Å². The molecule has 0 aliphatic rings. The highest BCUT2D eigenvalue weighted by molar-refractivity contribution is 6.34. The third-order valence-electron chi connectivity index (χ3n) is 3.64. The van der Waals surface area contributed by atoms with Crippen LogP contribution in [0.3, 0.4) is 0 Å². The van der Waals surface area contributed by atoms with Gasteiger partial charge < -0.3 is 9.52 Å². The fourth-order valence-corrected chi connectivity index (χ4v) is 2.66. The van der Waals surface area contributed by atoms with E-state index in [4.69, 9.17) is 16.0 Å². The number of aromatic carboxylic acids is 1. The van der Waals surface area contributed by atoms with Crippen LogP contribution in [-0.2, 0) is 0 Å². The van der Waals surface area contributed by atoms with Crippen LogP contribution in [0.15, 0.2) is 40.8 Å². The molecular formula is C17H13ClO3. The SMILES string of the molecule is Cc1cc2oc(C(=O)O)c(-c3ccccc3Cl)c2cc1C. The zero-order valence-electron chi connectivity index (χ0n) is 11.6. The molecule has 1 N–H and O–H groups in total. The molecule has 0 saturated heterocycles. The number of fused-ring (bicyclic) bond motifs is 1. The van der Waals surface area contributed by atoms with Crippen molar-refractivity contribution >= 4 is 28.5 Å². The number of halogens is 1. The number of hydrogen-bond donors (Lipinski definition) is 1. The van der Waals surface area contributed by atoms with E-state index in [9.17, 15) is 9.90 Å². The van der Waals surface area contributed by atoms with Gasteiger partial charge in [-0.05, 0) is 43.2 Å². The molecule has 3 nitrogen and oxygen atoms in total. The molecule has 0 aliphatic carbocycles. The van der Waals surface area contributed by atoms with Crippen molar-refractivity contribution in [3.8, 4) is 11.1 Å². The number of carboxylic acid groups (broad SMARTS) is 1. The molecule has 106 valence electrons. The number of benzene rings is 2. The van der Waals surface area contributed by atoms with E-state index < -0.39 is 5.97 Å². The number of rotatable bonds is 2. The van der Waals surface area contributed by atoms with Crippen molar-refractivity contribution in [1.82, 2.24) is 0 Å². The average molecular weight is 301 g/mol. The monoisotopic (exact) mass is 300 g/mol. The van der Waals surface area contributed by atoms with Crippen molar-refractivity contribution in [1.29, 1.82) is 0 Å². The van der Waals surface area contributed by atoms with Crippen LogP contribution in [0.4, 0.5) is 0 Å². The molecule has 0 amide bonds. The number of hydrogen-bond acceptors (Lipinski definition) is 2. The van der Waals surface area contributed by atoms with Gasteiger partial charge in [0.1, 0.15) is 5.58 Å². The molecule has 0 atom stereocenters. The van der Waals surface area contributed by atoms with Gasteiger partial charge in [0.2, 0.25) is 5.76 Å². The van der Waals surface area contributed by atoms with E-state index in [1.54, 1.807) is 12.1 Å². The van der Waals surface area contributed by atoms with E-state index in [1.165, 1.54) is 0 Å². The molecule has 0 radical (unpaired) electrons. The van der Waals surface area contributed by atoms with Crippen molar-refractivity contribution in [3.05, 3.63) is 58.3 Å². The molecule has 0 aliphatic heterocycles. The zero-order valence-corrected chi connectivity index (χ0v) is 12.4. The van der Waals surface area contributed by atoms with Gasteiger partial charge in [-0.3, -0.25) is 0 Å². The van der Waals surface area contributed by atoms with E-state index >= 15 is 0 Å². The van der Waals surface area contributed by atoms with Gasteiger partial charge >= 0.3 is 5.97 Å². The van der Waals surface area contributed by atoms with Crippen LogP contribution in [0.5, 0.6) is 0 Å². The second-order valence-corrected chi connectivity index (χ2v) is 5.43. The summed E-state index contributed by atoms with van der Waals surface area (Å²) in [6.45, 7) is 3.95. The first-order valence-electron chi connectivity index (χ1n) is 6.51. The van der Waals surface area contributed by atoms with E-state index in [1.807, 2.05) is 38.1 Å². The number of aryl methyl sites for hydroxylation is 2. The Bertz CT molecular complexity index is 862.